The van der Waals surface area contributed by atoms with Gasteiger partial charge in [0.1, 0.15) is 0 Å². The Hall–Kier alpha value is -7.82. The summed E-state index contributed by atoms with van der Waals surface area (Å²) in [6.45, 7) is 4.89. The number of rotatable bonds is 7. The highest BCUT2D eigenvalue weighted by Crippen LogP contribution is 2.56. The summed E-state index contributed by atoms with van der Waals surface area (Å²) in [4.78, 5) is 7.49. The highest BCUT2D eigenvalue weighted by Gasteiger charge is 2.52. The maximum Gasteiger partial charge on any atom is 0.248 e. The van der Waals surface area contributed by atoms with Crippen LogP contribution in [0, 0.1) is 0 Å². The molecule has 0 amide bonds. The van der Waals surface area contributed by atoms with Crippen LogP contribution in [0.2, 0.25) is 0 Å². The normalized spacial score (nSPS) is 14.2. The Morgan fingerprint density at radius 1 is 0.397 bits per heavy atom. The Morgan fingerprint density at radius 3 is 1.52 bits per heavy atom. The zero-order valence-electron chi connectivity index (χ0n) is 35.4. The smallest absolute Gasteiger partial charge is 0.248 e. The molecule has 9 aromatic carbocycles. The molecule has 12 rings (SSSR count). The van der Waals surface area contributed by atoms with Crippen LogP contribution in [0.4, 0.5) is 45.5 Å². The van der Waals surface area contributed by atoms with Gasteiger partial charge in [0.2, 0.25) is 6.71 Å². The van der Waals surface area contributed by atoms with Gasteiger partial charge in [0, 0.05) is 62.2 Å². The van der Waals surface area contributed by atoms with Crippen molar-refractivity contribution in [1.82, 2.24) is 0 Å². The number of anilines is 8. The highest BCUT2D eigenvalue weighted by atomic mass is 15.2. The lowest BCUT2D eigenvalue weighted by molar-refractivity contribution is 0.666. The average Bonchev–Trinajstić information content (AvgIpc) is 3.58. The largest absolute Gasteiger partial charge is 0.311 e. The summed E-state index contributed by atoms with van der Waals surface area (Å²) in [5.41, 5.74) is 21.7. The van der Waals surface area contributed by atoms with Crippen LogP contribution < -0.4 is 25.6 Å². The second kappa shape index (κ2) is 14.7. The van der Waals surface area contributed by atoms with E-state index in [2.05, 4.69) is 259 Å². The van der Waals surface area contributed by atoms with Crippen molar-refractivity contribution in [2.75, 3.05) is 14.7 Å². The number of benzene rings is 9. The van der Waals surface area contributed by atoms with Crippen molar-refractivity contribution in [3.63, 3.8) is 0 Å². The van der Waals surface area contributed by atoms with Crippen molar-refractivity contribution >= 4 is 68.8 Å². The molecule has 0 saturated carbocycles. The van der Waals surface area contributed by atoms with E-state index in [1.807, 2.05) is 0 Å². The van der Waals surface area contributed by atoms with Crippen molar-refractivity contribution < 1.29 is 0 Å². The van der Waals surface area contributed by atoms with Gasteiger partial charge in [0.25, 0.3) is 0 Å². The van der Waals surface area contributed by atoms with Gasteiger partial charge in [-0.05, 0) is 118 Å². The van der Waals surface area contributed by atoms with Gasteiger partial charge in [-0.1, -0.05) is 171 Å². The van der Waals surface area contributed by atoms with Crippen LogP contribution >= 0.6 is 0 Å². The fourth-order valence-corrected chi connectivity index (χ4v) is 10.7. The summed E-state index contributed by atoms with van der Waals surface area (Å²) >= 11 is 0. The van der Waals surface area contributed by atoms with Gasteiger partial charge in [0.15, 0.2) is 0 Å². The molecule has 0 radical (unpaired) electrons. The quantitative estimate of drug-likeness (QED) is 0.149. The SMILES string of the molecule is CC1(C)C2=C(c3ccccc31)N(c1cc(-c3ccccc3)cc(-c3ccccc3)c1)c1cccc3c1B2c1ccc(N(c2ccccc2)c2ccccc2)cc1N3c1ccccc1. The molecule has 0 bridgehead atoms. The minimum atomic E-state index is -0.274. The fourth-order valence-electron chi connectivity index (χ4n) is 10.7. The molecule has 9 aromatic rings. The standard InChI is InChI=1S/C59H44BN3/c1-59(2)51-32-19-18-31-50(51)57-58(59)60-52-36-35-48(61(45-25-12-5-13-26-45)46-27-14-6-15-28-46)40-55(52)62(47-29-16-7-17-30-47)53-33-20-34-54(56(53)60)63(57)49-38-43(41-21-8-3-9-22-41)37-44(39-49)42-23-10-4-11-24-42/h3-40H,1-2H3. The van der Waals surface area contributed by atoms with Gasteiger partial charge in [-0.3, -0.25) is 0 Å². The molecular formula is C59H44BN3. The Bertz CT molecular complexity index is 3100. The first-order valence-corrected chi connectivity index (χ1v) is 22.0. The molecule has 63 heavy (non-hydrogen) atoms. The van der Waals surface area contributed by atoms with Crippen molar-refractivity contribution in [1.29, 1.82) is 0 Å². The Labute approximate surface area is 370 Å². The Balaban J connectivity index is 1.15. The fraction of sp³-hybridized carbons (Fsp3) is 0.0508. The molecule has 3 nitrogen and oxygen atoms in total. The summed E-state index contributed by atoms with van der Waals surface area (Å²) in [5.74, 6) is 0. The molecule has 0 unspecified atom stereocenters. The number of fused-ring (bicyclic) bond motifs is 5. The van der Waals surface area contributed by atoms with E-state index in [9.17, 15) is 0 Å². The lowest BCUT2D eigenvalue weighted by Crippen LogP contribution is -2.57. The minimum absolute atomic E-state index is 0.00154. The second-order valence-corrected chi connectivity index (χ2v) is 17.3. The number of nitrogens with zero attached hydrogens (tertiary/aromatic N) is 3. The minimum Gasteiger partial charge on any atom is -0.311 e. The maximum absolute atomic E-state index is 2.60. The van der Waals surface area contributed by atoms with Crippen LogP contribution in [0.15, 0.2) is 236 Å². The highest BCUT2D eigenvalue weighted by molar-refractivity contribution is 6.96. The number of para-hydroxylation sites is 3. The van der Waals surface area contributed by atoms with Gasteiger partial charge >= 0.3 is 0 Å². The van der Waals surface area contributed by atoms with E-state index in [1.165, 1.54) is 72.5 Å². The first-order chi connectivity index (χ1) is 31.0. The van der Waals surface area contributed by atoms with Crippen LogP contribution in [0.3, 0.4) is 0 Å². The van der Waals surface area contributed by atoms with E-state index >= 15 is 0 Å². The zero-order chi connectivity index (χ0) is 42.1. The van der Waals surface area contributed by atoms with Gasteiger partial charge in [0.05, 0.1) is 0 Å². The third kappa shape index (κ3) is 5.90. The van der Waals surface area contributed by atoms with Gasteiger partial charge in [-0.15, -0.1) is 0 Å². The van der Waals surface area contributed by atoms with E-state index < -0.39 is 0 Å². The lowest BCUT2D eigenvalue weighted by atomic mass is 9.30. The van der Waals surface area contributed by atoms with Crippen LogP contribution in [-0.4, -0.2) is 6.71 Å². The van der Waals surface area contributed by atoms with Gasteiger partial charge < -0.3 is 14.7 Å². The summed E-state index contributed by atoms with van der Waals surface area (Å²) in [5, 5.41) is 0. The molecule has 0 aromatic heterocycles. The molecule has 2 heterocycles. The number of hydrogen-bond acceptors (Lipinski definition) is 3. The van der Waals surface area contributed by atoms with Crippen molar-refractivity contribution in [3.8, 4) is 22.3 Å². The maximum atomic E-state index is 2.60. The van der Waals surface area contributed by atoms with E-state index in [1.54, 1.807) is 0 Å². The summed E-state index contributed by atoms with van der Waals surface area (Å²) in [6.07, 6.45) is 0. The van der Waals surface area contributed by atoms with Crippen LogP contribution in [0.5, 0.6) is 0 Å². The topological polar surface area (TPSA) is 9.72 Å². The van der Waals surface area contributed by atoms with Crippen LogP contribution in [0.1, 0.15) is 25.0 Å². The molecule has 298 valence electrons. The van der Waals surface area contributed by atoms with E-state index in [-0.39, 0.29) is 12.1 Å². The summed E-state index contributed by atoms with van der Waals surface area (Å²) in [7, 11) is 0. The Kier molecular flexibility index (Phi) is 8.62. The predicted octanol–water partition coefficient (Wildman–Crippen LogP) is 14.3. The first kappa shape index (κ1) is 37.0. The van der Waals surface area contributed by atoms with Crippen molar-refractivity contribution in [2.24, 2.45) is 0 Å². The third-order valence-electron chi connectivity index (χ3n) is 13.4. The van der Waals surface area contributed by atoms with Crippen molar-refractivity contribution in [3.05, 3.63) is 247 Å². The molecule has 0 saturated heterocycles. The zero-order valence-corrected chi connectivity index (χ0v) is 35.4. The van der Waals surface area contributed by atoms with E-state index in [0.29, 0.717) is 0 Å². The molecule has 1 aliphatic carbocycles. The van der Waals surface area contributed by atoms with Crippen LogP contribution in [-0.2, 0) is 5.41 Å². The predicted molar refractivity (Wildman–Crippen MR) is 267 cm³/mol. The third-order valence-corrected chi connectivity index (χ3v) is 13.4. The van der Waals surface area contributed by atoms with E-state index in [0.717, 1.165) is 28.4 Å². The molecular weight excluding hydrogens is 761 g/mol. The number of hydrogen-bond donors (Lipinski definition) is 0. The van der Waals surface area contributed by atoms with Gasteiger partial charge in [-0.2, -0.15) is 0 Å². The van der Waals surface area contributed by atoms with Crippen LogP contribution in [0.25, 0.3) is 28.0 Å². The molecule has 2 aliphatic heterocycles. The van der Waals surface area contributed by atoms with Crippen molar-refractivity contribution in [2.45, 2.75) is 19.3 Å². The Morgan fingerprint density at radius 2 is 0.921 bits per heavy atom. The molecule has 0 spiro atoms. The monoisotopic (exact) mass is 805 g/mol. The number of allylic oxidation sites excluding steroid dienone is 1. The summed E-state index contributed by atoms with van der Waals surface area (Å²) < 4.78 is 0. The summed E-state index contributed by atoms with van der Waals surface area (Å²) in [6, 6.07) is 84.5. The molecule has 0 N–H and O–H groups in total. The average molecular weight is 806 g/mol. The molecule has 0 atom stereocenters. The van der Waals surface area contributed by atoms with E-state index in [4.69, 9.17) is 0 Å². The first-order valence-electron chi connectivity index (χ1n) is 22.0. The molecule has 0 fully saturated rings. The van der Waals surface area contributed by atoms with Gasteiger partial charge in [-0.25, -0.2) is 0 Å². The second-order valence-electron chi connectivity index (χ2n) is 17.3. The molecule has 3 aliphatic rings. The molecule has 4 heteroatoms. The lowest BCUT2D eigenvalue weighted by Gasteiger charge is -2.46.